The Hall–Kier alpha value is -2.01. The summed E-state index contributed by atoms with van der Waals surface area (Å²) < 4.78 is 12.7. The molecule has 3 rings (SSSR count). The maximum absolute atomic E-state index is 10.2. The van der Waals surface area contributed by atoms with E-state index in [1.54, 1.807) is 0 Å². The van der Waals surface area contributed by atoms with Gasteiger partial charge in [0, 0.05) is 0 Å². The van der Waals surface area contributed by atoms with Gasteiger partial charge in [0.2, 0.25) is 0 Å². The first-order chi connectivity index (χ1) is 12.5. The van der Waals surface area contributed by atoms with Crippen molar-refractivity contribution in [3.8, 4) is 6.01 Å². The highest BCUT2D eigenvalue weighted by atomic mass is 16.6. The Morgan fingerprint density at radius 2 is 2.00 bits per heavy atom. The molecule has 144 valence electrons. The number of aliphatic hydroxyl groups is 3. The van der Waals surface area contributed by atoms with Crippen LogP contribution in [0.2, 0.25) is 0 Å². The predicted molar refractivity (Wildman–Crippen MR) is 92.3 cm³/mol. The number of anilines is 1. The Kier molecular flexibility index (Phi) is 5.56. The zero-order valence-corrected chi connectivity index (χ0v) is 14.8. The fourth-order valence-electron chi connectivity index (χ4n) is 2.99. The summed E-state index contributed by atoms with van der Waals surface area (Å²) in [5, 5.41) is 29.4. The molecule has 0 bridgehead atoms. The number of rotatable bonds is 7. The Bertz CT molecular complexity index is 750. The first-order valence-corrected chi connectivity index (χ1v) is 8.75. The average molecular weight is 367 g/mol. The lowest BCUT2D eigenvalue weighted by atomic mass is 10.1. The highest BCUT2D eigenvalue weighted by Gasteiger charge is 2.44. The predicted octanol–water partition coefficient (Wildman–Crippen LogP) is -0.165. The molecule has 0 aliphatic carbocycles. The van der Waals surface area contributed by atoms with Crippen LogP contribution in [0.3, 0.4) is 0 Å². The van der Waals surface area contributed by atoms with E-state index in [1.807, 2.05) is 0 Å². The van der Waals surface area contributed by atoms with Gasteiger partial charge >= 0.3 is 6.01 Å². The van der Waals surface area contributed by atoms with Gasteiger partial charge in [0.05, 0.1) is 19.5 Å². The molecule has 4 atom stereocenters. The molecule has 1 fully saturated rings. The van der Waals surface area contributed by atoms with Crippen molar-refractivity contribution in [1.29, 1.82) is 0 Å². The van der Waals surface area contributed by atoms with Crippen molar-refractivity contribution < 1.29 is 24.8 Å². The molecule has 0 aromatic carbocycles. The Labute approximate surface area is 150 Å². The highest BCUT2D eigenvalue weighted by molar-refractivity contribution is 5.82. The minimum absolute atomic E-state index is 0.121. The summed E-state index contributed by atoms with van der Waals surface area (Å²) in [4.78, 5) is 12.6. The van der Waals surface area contributed by atoms with Gasteiger partial charge in [-0.25, -0.2) is 4.98 Å². The van der Waals surface area contributed by atoms with E-state index in [1.165, 1.54) is 10.9 Å². The van der Waals surface area contributed by atoms with E-state index in [9.17, 15) is 15.3 Å². The molecule has 3 heterocycles. The van der Waals surface area contributed by atoms with E-state index in [0.29, 0.717) is 23.7 Å². The third-order valence-corrected chi connectivity index (χ3v) is 4.82. The van der Waals surface area contributed by atoms with Crippen molar-refractivity contribution in [3.05, 3.63) is 6.33 Å². The minimum Gasteiger partial charge on any atom is -0.463 e. The molecule has 5 N–H and O–H groups in total. The summed E-state index contributed by atoms with van der Waals surface area (Å²) in [6.07, 6.45) is -0.933. The van der Waals surface area contributed by atoms with Crippen molar-refractivity contribution in [3.63, 3.8) is 0 Å². The second kappa shape index (κ2) is 7.70. The van der Waals surface area contributed by atoms with Crippen LogP contribution in [0.25, 0.3) is 11.2 Å². The quantitative estimate of drug-likeness (QED) is 0.523. The Morgan fingerprint density at radius 3 is 2.62 bits per heavy atom. The molecule has 10 heteroatoms. The molecule has 10 nitrogen and oxygen atoms in total. The van der Waals surface area contributed by atoms with Gasteiger partial charge in [-0.3, -0.25) is 4.57 Å². The lowest BCUT2D eigenvalue weighted by molar-refractivity contribution is -0.0511. The number of nitrogens with zero attached hydrogens (tertiary/aromatic N) is 4. The van der Waals surface area contributed by atoms with Gasteiger partial charge in [0.1, 0.15) is 18.3 Å². The molecule has 1 saturated heterocycles. The number of ether oxygens (including phenoxy) is 2. The third-order valence-electron chi connectivity index (χ3n) is 4.82. The van der Waals surface area contributed by atoms with Crippen molar-refractivity contribution in [1.82, 2.24) is 19.5 Å². The summed E-state index contributed by atoms with van der Waals surface area (Å²) >= 11 is 0. The first-order valence-electron chi connectivity index (χ1n) is 8.75. The van der Waals surface area contributed by atoms with Crippen LogP contribution in [0.5, 0.6) is 6.01 Å². The summed E-state index contributed by atoms with van der Waals surface area (Å²) in [5.41, 5.74) is 6.63. The number of hydrogen-bond donors (Lipinski definition) is 4. The Balaban J connectivity index is 1.90. The van der Waals surface area contributed by atoms with E-state index in [-0.39, 0.29) is 11.8 Å². The van der Waals surface area contributed by atoms with Crippen molar-refractivity contribution in [2.45, 2.75) is 51.2 Å². The molecule has 1 aliphatic rings. The number of hydrogen-bond acceptors (Lipinski definition) is 9. The summed E-state index contributed by atoms with van der Waals surface area (Å²) in [6, 6.07) is 0.121. The van der Waals surface area contributed by atoms with Gasteiger partial charge in [-0.05, 0) is 5.92 Å². The number of aliphatic hydroxyl groups excluding tert-OH is 3. The monoisotopic (exact) mass is 367 g/mol. The largest absolute Gasteiger partial charge is 0.463 e. The second-order valence-electron chi connectivity index (χ2n) is 6.44. The Morgan fingerprint density at radius 1 is 1.27 bits per heavy atom. The maximum Gasteiger partial charge on any atom is 0.320 e. The fraction of sp³-hybridized carbons (Fsp3) is 0.688. The number of imidazole rings is 1. The van der Waals surface area contributed by atoms with Crippen molar-refractivity contribution in [2.24, 2.45) is 5.92 Å². The van der Waals surface area contributed by atoms with Gasteiger partial charge in [0.15, 0.2) is 23.2 Å². The number of aromatic nitrogens is 4. The molecule has 2 aromatic rings. The smallest absolute Gasteiger partial charge is 0.320 e. The zero-order valence-electron chi connectivity index (χ0n) is 14.8. The molecule has 0 radical (unpaired) electrons. The van der Waals surface area contributed by atoms with Crippen LogP contribution >= 0.6 is 0 Å². The van der Waals surface area contributed by atoms with Crippen LogP contribution in [0, 0.1) is 5.92 Å². The standard InChI is InChI=1S/C16H25N5O5/c1-3-8(4-2)6-25-16-19-13(17)10-14(20-16)21(7-18-10)15-12(24)11(23)9(5-22)26-15/h7-9,11-12,15,22-24H,3-6H2,1-2H3,(H2,17,19,20)/t9-,11-,12-,15?/m0/s1. The molecular weight excluding hydrogens is 342 g/mol. The zero-order chi connectivity index (χ0) is 18.8. The fourth-order valence-corrected chi connectivity index (χ4v) is 2.99. The SMILES string of the molecule is CCC(CC)COc1nc(N)c2ncn(C3O[C@@H](CO)[C@H](O)[C@@H]3O)c2n1. The second-order valence-corrected chi connectivity index (χ2v) is 6.44. The molecular formula is C16H25N5O5. The van der Waals surface area contributed by atoms with E-state index in [4.69, 9.17) is 15.2 Å². The summed E-state index contributed by atoms with van der Waals surface area (Å²) in [7, 11) is 0. The van der Waals surface area contributed by atoms with E-state index < -0.39 is 31.1 Å². The molecule has 0 spiro atoms. The lowest BCUT2D eigenvalue weighted by Gasteiger charge is -2.17. The van der Waals surface area contributed by atoms with Crippen molar-refractivity contribution >= 4 is 17.0 Å². The van der Waals surface area contributed by atoms with Gasteiger partial charge in [0.25, 0.3) is 0 Å². The lowest BCUT2D eigenvalue weighted by Crippen LogP contribution is -2.33. The van der Waals surface area contributed by atoms with Crippen LogP contribution in [0.1, 0.15) is 32.9 Å². The average Bonchev–Trinajstić information content (AvgIpc) is 3.18. The van der Waals surface area contributed by atoms with Crippen LogP contribution in [0.15, 0.2) is 6.33 Å². The van der Waals surface area contributed by atoms with Crippen LogP contribution in [0.4, 0.5) is 5.82 Å². The highest BCUT2D eigenvalue weighted by Crippen LogP contribution is 2.32. The molecule has 26 heavy (non-hydrogen) atoms. The molecule has 1 aliphatic heterocycles. The van der Waals surface area contributed by atoms with Crippen LogP contribution in [-0.4, -0.2) is 66.4 Å². The first kappa shape index (κ1) is 18.8. The van der Waals surface area contributed by atoms with Gasteiger partial charge < -0.3 is 30.5 Å². The van der Waals surface area contributed by atoms with Crippen molar-refractivity contribution in [2.75, 3.05) is 18.9 Å². The maximum atomic E-state index is 10.2. The normalized spacial score (nSPS) is 26.1. The number of fused-ring (bicyclic) bond motifs is 1. The van der Waals surface area contributed by atoms with Gasteiger partial charge in [-0.15, -0.1) is 0 Å². The summed E-state index contributed by atoms with van der Waals surface area (Å²) in [6.45, 7) is 4.24. The van der Waals surface area contributed by atoms with E-state index >= 15 is 0 Å². The van der Waals surface area contributed by atoms with Gasteiger partial charge in [-0.1, -0.05) is 26.7 Å². The van der Waals surface area contributed by atoms with Crippen LogP contribution < -0.4 is 10.5 Å². The minimum atomic E-state index is -1.24. The van der Waals surface area contributed by atoms with E-state index in [2.05, 4.69) is 28.8 Å². The number of nitrogen functional groups attached to an aromatic ring is 1. The molecule has 0 saturated carbocycles. The summed E-state index contributed by atoms with van der Waals surface area (Å²) in [5.74, 6) is 0.543. The molecule has 1 unspecified atom stereocenters. The van der Waals surface area contributed by atoms with Gasteiger partial charge in [-0.2, -0.15) is 9.97 Å². The third kappa shape index (κ3) is 3.32. The number of nitrogens with two attached hydrogens (primary N) is 1. The topological polar surface area (TPSA) is 149 Å². The molecule has 2 aromatic heterocycles. The van der Waals surface area contributed by atoms with E-state index in [0.717, 1.165) is 12.8 Å². The molecule has 0 amide bonds. The van der Waals surface area contributed by atoms with Crippen LogP contribution in [-0.2, 0) is 4.74 Å².